The van der Waals surface area contributed by atoms with Gasteiger partial charge in [-0.05, 0) is 36.4 Å². The largest absolute Gasteiger partial charge is 0.398 e. The van der Waals surface area contributed by atoms with Gasteiger partial charge in [0.05, 0.1) is 23.0 Å². The molecule has 3 N–H and O–H groups in total. The minimum atomic E-state index is -4.04. The number of nitriles is 1. The number of halogens is 2. The van der Waals surface area contributed by atoms with Crippen molar-refractivity contribution in [2.75, 3.05) is 10.5 Å². The zero-order valence-electron chi connectivity index (χ0n) is 10.5. The molecule has 2 aromatic carbocycles. The second-order valence-corrected chi connectivity index (χ2v) is 6.66. The van der Waals surface area contributed by atoms with Crippen LogP contribution < -0.4 is 10.5 Å². The van der Waals surface area contributed by atoms with Gasteiger partial charge in [-0.3, -0.25) is 4.72 Å². The number of anilines is 2. The van der Waals surface area contributed by atoms with Crippen LogP contribution in [0.2, 0.25) is 0 Å². The Morgan fingerprint density at radius 3 is 2.52 bits per heavy atom. The Morgan fingerprint density at radius 1 is 1.24 bits per heavy atom. The number of benzene rings is 2. The van der Waals surface area contributed by atoms with E-state index in [0.717, 1.165) is 6.07 Å². The second-order valence-electron chi connectivity index (χ2n) is 4.09. The smallest absolute Gasteiger partial charge is 0.264 e. The first-order valence-electron chi connectivity index (χ1n) is 5.61. The van der Waals surface area contributed by atoms with Gasteiger partial charge in [-0.25, -0.2) is 12.8 Å². The zero-order valence-corrected chi connectivity index (χ0v) is 12.9. The van der Waals surface area contributed by atoms with E-state index in [2.05, 4.69) is 20.7 Å². The molecule has 0 radical (unpaired) electrons. The molecule has 0 aliphatic heterocycles. The van der Waals surface area contributed by atoms with Crippen LogP contribution in [-0.4, -0.2) is 8.42 Å². The highest BCUT2D eigenvalue weighted by molar-refractivity contribution is 9.10. The minimum Gasteiger partial charge on any atom is -0.398 e. The number of hydrogen-bond donors (Lipinski definition) is 2. The molecule has 0 aliphatic carbocycles. The van der Waals surface area contributed by atoms with E-state index in [1.165, 1.54) is 30.3 Å². The molecule has 0 saturated heterocycles. The van der Waals surface area contributed by atoms with Crippen LogP contribution in [0.3, 0.4) is 0 Å². The fourth-order valence-electron chi connectivity index (χ4n) is 1.63. The van der Waals surface area contributed by atoms with Crippen molar-refractivity contribution < 1.29 is 12.8 Å². The molecule has 0 unspecified atom stereocenters. The Morgan fingerprint density at radius 2 is 1.95 bits per heavy atom. The molecule has 0 spiro atoms. The number of nitrogens with two attached hydrogens (primary N) is 1. The summed E-state index contributed by atoms with van der Waals surface area (Å²) in [6.07, 6.45) is 0. The van der Waals surface area contributed by atoms with Gasteiger partial charge < -0.3 is 5.73 Å². The third kappa shape index (κ3) is 3.32. The van der Waals surface area contributed by atoms with Gasteiger partial charge in [0.15, 0.2) is 0 Å². The van der Waals surface area contributed by atoms with Crippen molar-refractivity contribution in [3.05, 3.63) is 52.3 Å². The van der Waals surface area contributed by atoms with Gasteiger partial charge in [-0.15, -0.1) is 0 Å². The number of rotatable bonds is 3. The summed E-state index contributed by atoms with van der Waals surface area (Å²) in [6.45, 7) is 0. The van der Waals surface area contributed by atoms with Crippen molar-refractivity contribution in [2.45, 2.75) is 4.90 Å². The summed E-state index contributed by atoms with van der Waals surface area (Å²) in [4.78, 5) is -0.219. The average Bonchev–Trinajstić information content (AvgIpc) is 2.41. The maximum Gasteiger partial charge on any atom is 0.264 e. The number of nitrogens with zero attached hydrogens (tertiary/aromatic N) is 1. The van der Waals surface area contributed by atoms with E-state index in [0.29, 0.717) is 4.47 Å². The number of nitrogen functional groups attached to an aromatic ring is 1. The lowest BCUT2D eigenvalue weighted by atomic mass is 10.2. The molecule has 0 aliphatic rings. The third-order valence-electron chi connectivity index (χ3n) is 2.60. The molecule has 2 rings (SSSR count). The highest BCUT2D eigenvalue weighted by atomic mass is 79.9. The predicted molar refractivity (Wildman–Crippen MR) is 80.5 cm³/mol. The zero-order chi connectivity index (χ0) is 15.6. The van der Waals surface area contributed by atoms with Crippen LogP contribution in [0, 0.1) is 17.1 Å². The molecule has 5 nitrogen and oxygen atoms in total. The highest BCUT2D eigenvalue weighted by Gasteiger charge is 2.19. The van der Waals surface area contributed by atoms with Gasteiger partial charge in [0, 0.05) is 4.47 Å². The molecular formula is C13H9BrFN3O2S. The van der Waals surface area contributed by atoms with Crippen molar-refractivity contribution in [1.82, 2.24) is 0 Å². The van der Waals surface area contributed by atoms with E-state index in [-0.39, 0.29) is 21.8 Å². The lowest BCUT2D eigenvalue weighted by Crippen LogP contribution is -2.15. The Balaban J connectivity index is 2.41. The van der Waals surface area contributed by atoms with E-state index in [9.17, 15) is 12.8 Å². The van der Waals surface area contributed by atoms with E-state index in [1.807, 2.05) is 6.07 Å². The van der Waals surface area contributed by atoms with Gasteiger partial charge in [-0.1, -0.05) is 15.9 Å². The maximum absolute atomic E-state index is 13.7. The molecular weight excluding hydrogens is 361 g/mol. The minimum absolute atomic E-state index is 0.0842. The van der Waals surface area contributed by atoms with E-state index in [1.54, 1.807) is 0 Å². The van der Waals surface area contributed by atoms with Gasteiger partial charge >= 0.3 is 0 Å². The Labute approximate surface area is 129 Å². The van der Waals surface area contributed by atoms with E-state index < -0.39 is 15.8 Å². The third-order valence-corrected chi connectivity index (χ3v) is 4.54. The predicted octanol–water partition coefficient (Wildman–Crippen LogP) is 2.84. The molecule has 21 heavy (non-hydrogen) atoms. The molecule has 0 atom stereocenters. The first kappa shape index (κ1) is 15.3. The van der Waals surface area contributed by atoms with Crippen molar-refractivity contribution in [2.24, 2.45) is 0 Å². The molecule has 8 heteroatoms. The number of hydrogen-bond acceptors (Lipinski definition) is 4. The number of sulfonamides is 1. The van der Waals surface area contributed by atoms with Crippen molar-refractivity contribution in [1.29, 1.82) is 5.26 Å². The fraction of sp³-hybridized carbons (Fsp3) is 0. The van der Waals surface area contributed by atoms with Crippen molar-refractivity contribution in [3.8, 4) is 6.07 Å². The van der Waals surface area contributed by atoms with Gasteiger partial charge in [0.1, 0.15) is 10.7 Å². The summed E-state index contributed by atoms with van der Waals surface area (Å²) in [5.41, 5.74) is 5.59. The topological polar surface area (TPSA) is 96.0 Å². The lowest BCUT2D eigenvalue weighted by Gasteiger charge is -2.11. The van der Waals surface area contributed by atoms with Gasteiger partial charge in [0.25, 0.3) is 10.0 Å². The first-order valence-corrected chi connectivity index (χ1v) is 7.88. The van der Waals surface area contributed by atoms with Crippen LogP contribution in [0.1, 0.15) is 5.56 Å². The first-order chi connectivity index (χ1) is 9.83. The van der Waals surface area contributed by atoms with Crippen LogP contribution in [0.5, 0.6) is 0 Å². The summed E-state index contributed by atoms with van der Waals surface area (Å²) >= 11 is 3.08. The monoisotopic (exact) mass is 369 g/mol. The van der Waals surface area contributed by atoms with Crippen LogP contribution in [0.25, 0.3) is 0 Å². The second kappa shape index (κ2) is 5.71. The SMILES string of the molecule is N#Cc1ccc(S(=O)(=O)Nc2ccc(Br)cc2F)c(N)c1. The average molecular weight is 370 g/mol. The van der Waals surface area contributed by atoms with Gasteiger partial charge in [-0.2, -0.15) is 5.26 Å². The maximum atomic E-state index is 13.7. The van der Waals surface area contributed by atoms with Crippen molar-refractivity contribution >= 4 is 37.3 Å². The van der Waals surface area contributed by atoms with Crippen LogP contribution in [0.4, 0.5) is 15.8 Å². The fourth-order valence-corrected chi connectivity index (χ4v) is 3.15. The normalized spacial score (nSPS) is 10.9. The summed E-state index contributed by atoms with van der Waals surface area (Å²) in [7, 11) is -4.04. The van der Waals surface area contributed by atoms with Crippen LogP contribution in [-0.2, 0) is 10.0 Å². The summed E-state index contributed by atoms with van der Waals surface area (Å²) in [5.74, 6) is -0.722. The van der Waals surface area contributed by atoms with Gasteiger partial charge in [0.2, 0.25) is 0 Å². The van der Waals surface area contributed by atoms with Crippen molar-refractivity contribution in [3.63, 3.8) is 0 Å². The molecule has 0 fully saturated rings. The molecule has 0 aromatic heterocycles. The van der Waals surface area contributed by atoms with E-state index >= 15 is 0 Å². The summed E-state index contributed by atoms with van der Waals surface area (Å²) in [5, 5.41) is 8.73. The molecule has 108 valence electrons. The molecule has 0 amide bonds. The van der Waals surface area contributed by atoms with E-state index in [4.69, 9.17) is 11.0 Å². The molecule has 2 aromatic rings. The lowest BCUT2D eigenvalue weighted by molar-refractivity contribution is 0.599. The highest BCUT2D eigenvalue weighted by Crippen LogP contribution is 2.25. The summed E-state index contributed by atoms with van der Waals surface area (Å²) < 4.78 is 40.7. The van der Waals surface area contributed by atoms with Crippen LogP contribution in [0.15, 0.2) is 45.8 Å². The molecule has 0 heterocycles. The summed E-state index contributed by atoms with van der Waals surface area (Å²) in [6, 6.07) is 9.55. The molecule has 0 saturated carbocycles. The Hall–Kier alpha value is -2.11. The Kier molecular flexibility index (Phi) is 4.16. The Bertz CT molecular complexity index is 847. The van der Waals surface area contributed by atoms with Crippen LogP contribution >= 0.6 is 15.9 Å². The molecule has 0 bridgehead atoms. The quantitative estimate of drug-likeness (QED) is 0.812. The standard InChI is InChI=1S/C13H9BrFN3O2S/c14-9-2-3-12(10(15)6-9)18-21(19,20)13-4-1-8(7-16)5-11(13)17/h1-6,18H,17H2. The number of nitrogens with one attached hydrogen (secondary N) is 1.